The van der Waals surface area contributed by atoms with Gasteiger partial charge in [0.25, 0.3) is 0 Å². The molecule has 0 amide bonds. The fraction of sp³-hybridized carbons (Fsp3) is 0.333. The summed E-state index contributed by atoms with van der Waals surface area (Å²) in [5.74, 6) is 0.990. The van der Waals surface area contributed by atoms with Gasteiger partial charge < -0.3 is 10.2 Å². The van der Waals surface area contributed by atoms with Crippen LogP contribution in [0.3, 0.4) is 0 Å². The van der Waals surface area contributed by atoms with E-state index < -0.39 is 30.2 Å². The molecule has 68 valence electrons. The molecular weight excluding hydrogens is 172 g/mol. The van der Waals surface area contributed by atoms with Crippen molar-refractivity contribution in [3.8, 4) is 24.7 Å². The van der Waals surface area contributed by atoms with Crippen LogP contribution in [0.1, 0.15) is 12.8 Å². The Balaban J connectivity index is 5.09. The van der Waals surface area contributed by atoms with Crippen LogP contribution in [0.2, 0.25) is 0 Å². The summed E-state index contributed by atoms with van der Waals surface area (Å²) in [6.45, 7) is 0. The largest absolute Gasteiger partial charge is 0.480 e. The molecule has 0 aliphatic carbocycles. The second-order valence-corrected chi connectivity index (χ2v) is 2.45. The first-order chi connectivity index (χ1) is 6.01. The molecule has 0 bridgehead atoms. The van der Waals surface area contributed by atoms with E-state index in [0.29, 0.717) is 0 Å². The molecule has 13 heavy (non-hydrogen) atoms. The Bertz CT molecular complexity index is 271. The molecule has 0 saturated carbocycles. The molecule has 0 radical (unpaired) electrons. The third-order valence-corrected chi connectivity index (χ3v) is 1.63. The van der Waals surface area contributed by atoms with Crippen LogP contribution in [0.15, 0.2) is 0 Å². The quantitative estimate of drug-likeness (QED) is 0.478. The molecular formula is C9H8O4. The minimum atomic E-state index is -2.04. The highest BCUT2D eigenvalue weighted by atomic mass is 16.4. The molecule has 0 aliphatic heterocycles. The van der Waals surface area contributed by atoms with Crippen LogP contribution in [0.25, 0.3) is 0 Å². The van der Waals surface area contributed by atoms with Crippen molar-refractivity contribution in [2.75, 3.05) is 0 Å². The highest BCUT2D eigenvalue weighted by molar-refractivity contribution is 5.98. The van der Waals surface area contributed by atoms with Gasteiger partial charge in [-0.05, 0) is 0 Å². The van der Waals surface area contributed by atoms with E-state index in [0.717, 1.165) is 0 Å². The highest BCUT2D eigenvalue weighted by Gasteiger charge is 2.45. The molecule has 0 atom stereocenters. The average molecular weight is 180 g/mol. The molecule has 0 saturated heterocycles. The van der Waals surface area contributed by atoms with Crippen molar-refractivity contribution in [2.45, 2.75) is 12.8 Å². The third kappa shape index (κ3) is 2.00. The van der Waals surface area contributed by atoms with Crippen LogP contribution in [-0.4, -0.2) is 22.2 Å². The minimum Gasteiger partial charge on any atom is -0.480 e. The van der Waals surface area contributed by atoms with Crippen LogP contribution >= 0.6 is 0 Å². The molecule has 4 nitrogen and oxygen atoms in total. The Labute approximate surface area is 75.6 Å². The van der Waals surface area contributed by atoms with Crippen molar-refractivity contribution in [1.29, 1.82) is 0 Å². The zero-order valence-electron chi connectivity index (χ0n) is 6.78. The Kier molecular flexibility index (Phi) is 3.55. The lowest BCUT2D eigenvalue weighted by Gasteiger charge is -2.19. The van der Waals surface area contributed by atoms with Gasteiger partial charge in [0.15, 0.2) is 5.41 Å². The summed E-state index contributed by atoms with van der Waals surface area (Å²) < 4.78 is 0. The lowest BCUT2D eigenvalue weighted by molar-refractivity contribution is -0.163. The smallest absolute Gasteiger partial charge is 0.323 e. The van der Waals surface area contributed by atoms with Crippen LogP contribution in [-0.2, 0) is 9.59 Å². The zero-order chi connectivity index (χ0) is 10.5. The summed E-state index contributed by atoms with van der Waals surface area (Å²) in [5, 5.41) is 17.4. The zero-order valence-corrected chi connectivity index (χ0v) is 6.78. The molecule has 4 heteroatoms. The highest BCUT2D eigenvalue weighted by Crippen LogP contribution is 2.26. The predicted molar refractivity (Wildman–Crippen MR) is 44.6 cm³/mol. The minimum absolute atomic E-state index is 0.415. The van der Waals surface area contributed by atoms with E-state index in [-0.39, 0.29) is 0 Å². The van der Waals surface area contributed by atoms with Gasteiger partial charge >= 0.3 is 11.9 Å². The SMILES string of the molecule is C#CCC(CC#C)(C(=O)O)C(=O)O. The number of carboxylic acids is 2. The molecule has 0 unspecified atom stereocenters. The molecule has 0 rings (SSSR count). The summed E-state index contributed by atoms with van der Waals surface area (Å²) in [7, 11) is 0. The second-order valence-electron chi connectivity index (χ2n) is 2.45. The Morgan fingerprint density at radius 3 is 1.54 bits per heavy atom. The fourth-order valence-electron chi connectivity index (χ4n) is 0.805. The van der Waals surface area contributed by atoms with Gasteiger partial charge in [-0.2, -0.15) is 0 Å². The fourth-order valence-corrected chi connectivity index (χ4v) is 0.805. The number of hydrogen-bond donors (Lipinski definition) is 2. The van der Waals surface area contributed by atoms with Crippen LogP contribution in [0.4, 0.5) is 0 Å². The maximum Gasteiger partial charge on any atom is 0.323 e. The van der Waals surface area contributed by atoms with Crippen molar-refractivity contribution < 1.29 is 19.8 Å². The van der Waals surface area contributed by atoms with Crippen LogP contribution in [0.5, 0.6) is 0 Å². The van der Waals surface area contributed by atoms with E-state index in [9.17, 15) is 9.59 Å². The Morgan fingerprint density at radius 2 is 1.38 bits per heavy atom. The number of terminal acetylenes is 2. The van der Waals surface area contributed by atoms with Gasteiger partial charge in [-0.1, -0.05) is 0 Å². The first kappa shape index (κ1) is 11.1. The predicted octanol–water partition coefficient (Wildman–Crippen LogP) is 0.189. The van der Waals surface area contributed by atoms with E-state index in [1.165, 1.54) is 0 Å². The lowest BCUT2D eigenvalue weighted by atomic mass is 9.82. The first-order valence-corrected chi connectivity index (χ1v) is 3.35. The second kappa shape index (κ2) is 4.18. The molecule has 0 aliphatic rings. The number of rotatable bonds is 4. The molecule has 0 spiro atoms. The molecule has 0 heterocycles. The molecule has 0 aromatic carbocycles. The van der Waals surface area contributed by atoms with E-state index in [1.807, 2.05) is 11.8 Å². The summed E-state index contributed by atoms with van der Waals surface area (Å²) in [4.78, 5) is 21.3. The Hall–Kier alpha value is -1.94. The number of carbonyl (C=O) groups is 2. The van der Waals surface area contributed by atoms with Gasteiger partial charge in [-0.25, -0.2) is 0 Å². The third-order valence-electron chi connectivity index (χ3n) is 1.63. The molecule has 2 N–H and O–H groups in total. The van der Waals surface area contributed by atoms with Crippen LogP contribution in [0, 0.1) is 30.1 Å². The lowest BCUT2D eigenvalue weighted by Crippen LogP contribution is -2.38. The summed E-state index contributed by atoms with van der Waals surface area (Å²) in [6.07, 6.45) is 8.92. The van der Waals surface area contributed by atoms with E-state index in [1.54, 1.807) is 0 Å². The van der Waals surface area contributed by atoms with E-state index >= 15 is 0 Å². The van der Waals surface area contributed by atoms with Gasteiger partial charge in [0.1, 0.15) is 0 Å². The van der Waals surface area contributed by atoms with Crippen molar-refractivity contribution in [1.82, 2.24) is 0 Å². The van der Waals surface area contributed by atoms with Crippen molar-refractivity contribution in [2.24, 2.45) is 5.41 Å². The maximum atomic E-state index is 10.7. The Morgan fingerprint density at radius 1 is 1.08 bits per heavy atom. The molecule has 0 fully saturated rings. The summed E-state index contributed by atoms with van der Waals surface area (Å²) in [5.41, 5.74) is -2.04. The average Bonchev–Trinajstić information content (AvgIpc) is 2.03. The normalized spacial score (nSPS) is 9.69. The topological polar surface area (TPSA) is 74.6 Å². The molecule has 0 aromatic rings. The van der Waals surface area contributed by atoms with Gasteiger partial charge in [-0.3, -0.25) is 9.59 Å². The van der Waals surface area contributed by atoms with E-state index in [2.05, 4.69) is 0 Å². The van der Waals surface area contributed by atoms with Gasteiger partial charge in [0, 0.05) is 12.8 Å². The van der Waals surface area contributed by atoms with Crippen molar-refractivity contribution in [3.63, 3.8) is 0 Å². The summed E-state index contributed by atoms with van der Waals surface area (Å²) in [6, 6.07) is 0. The standard InChI is InChI=1S/C9H8O4/c1-3-5-9(6-4-2,7(10)11)8(12)13/h1-2H,5-6H2,(H,10,11)(H,12,13). The van der Waals surface area contributed by atoms with Crippen molar-refractivity contribution >= 4 is 11.9 Å². The maximum absolute atomic E-state index is 10.7. The van der Waals surface area contributed by atoms with Gasteiger partial charge in [0.2, 0.25) is 0 Å². The van der Waals surface area contributed by atoms with Crippen LogP contribution < -0.4 is 0 Å². The monoisotopic (exact) mass is 180 g/mol. The first-order valence-electron chi connectivity index (χ1n) is 3.35. The summed E-state index contributed by atoms with van der Waals surface area (Å²) >= 11 is 0. The van der Waals surface area contributed by atoms with Gasteiger partial charge in [-0.15, -0.1) is 24.7 Å². The van der Waals surface area contributed by atoms with Gasteiger partial charge in [0.05, 0.1) is 0 Å². The number of aliphatic carboxylic acids is 2. The van der Waals surface area contributed by atoms with Crippen molar-refractivity contribution in [3.05, 3.63) is 0 Å². The number of carboxylic acid groups (broad SMARTS) is 2. The number of hydrogen-bond acceptors (Lipinski definition) is 2. The molecule has 0 aromatic heterocycles. The van der Waals surface area contributed by atoms with E-state index in [4.69, 9.17) is 23.1 Å².